The fraction of sp³-hybridized carbons (Fsp3) is 0.375. The molecule has 2 rings (SSSR count). The van der Waals surface area contributed by atoms with Crippen LogP contribution in [-0.4, -0.2) is 11.6 Å². The third-order valence-corrected chi connectivity index (χ3v) is 1.88. The lowest BCUT2D eigenvalue weighted by atomic mass is 10.1. The van der Waals surface area contributed by atoms with E-state index in [1.165, 1.54) is 5.56 Å². The molecule has 1 aliphatic rings. The summed E-state index contributed by atoms with van der Waals surface area (Å²) in [6.45, 7) is 1.28. The third-order valence-electron chi connectivity index (χ3n) is 1.88. The van der Waals surface area contributed by atoms with Crippen molar-refractivity contribution < 1.29 is 4.74 Å². The molecule has 0 amide bonds. The smallest absolute Gasteiger partial charge is 0.130 e. The molecule has 2 N–H and O–H groups in total. The van der Waals surface area contributed by atoms with Gasteiger partial charge in [-0.2, -0.15) is 0 Å². The standard InChI is InChI=1S/C8H10N2O/c9-3-7-5-10-4-6-1-2-11-8(6)7/h4-5H,1-3,9H2. The van der Waals surface area contributed by atoms with Crippen LogP contribution in [0.3, 0.4) is 0 Å². The minimum Gasteiger partial charge on any atom is -0.492 e. The van der Waals surface area contributed by atoms with Crippen molar-refractivity contribution in [3.05, 3.63) is 23.5 Å². The van der Waals surface area contributed by atoms with E-state index in [9.17, 15) is 0 Å². The number of hydrogen-bond donors (Lipinski definition) is 1. The summed E-state index contributed by atoms with van der Waals surface area (Å²) in [5.41, 5.74) is 7.70. The summed E-state index contributed by atoms with van der Waals surface area (Å²) in [5.74, 6) is 0.961. The highest BCUT2D eigenvalue weighted by atomic mass is 16.5. The van der Waals surface area contributed by atoms with Gasteiger partial charge in [0.1, 0.15) is 5.75 Å². The number of hydrogen-bond acceptors (Lipinski definition) is 3. The van der Waals surface area contributed by atoms with Gasteiger partial charge in [0.2, 0.25) is 0 Å². The number of nitrogens with two attached hydrogens (primary N) is 1. The quantitative estimate of drug-likeness (QED) is 0.633. The zero-order valence-electron chi connectivity index (χ0n) is 6.21. The van der Waals surface area contributed by atoms with Crippen LogP contribution in [0, 0.1) is 0 Å². The first kappa shape index (κ1) is 6.61. The van der Waals surface area contributed by atoms with Crippen LogP contribution < -0.4 is 10.5 Å². The molecular formula is C8H10N2O. The second-order valence-electron chi connectivity index (χ2n) is 2.59. The van der Waals surface area contributed by atoms with Crippen LogP contribution in [0.2, 0.25) is 0 Å². The summed E-state index contributed by atoms with van der Waals surface area (Å²) in [7, 11) is 0. The molecule has 0 unspecified atom stereocenters. The Morgan fingerprint density at radius 3 is 3.27 bits per heavy atom. The molecular weight excluding hydrogens is 140 g/mol. The molecule has 0 radical (unpaired) electrons. The lowest BCUT2D eigenvalue weighted by molar-refractivity contribution is 0.353. The van der Waals surface area contributed by atoms with E-state index in [1.807, 2.05) is 6.20 Å². The zero-order chi connectivity index (χ0) is 7.68. The SMILES string of the molecule is NCc1cncc2c1OCC2. The van der Waals surface area contributed by atoms with E-state index in [1.54, 1.807) is 6.20 Å². The number of nitrogens with zero attached hydrogens (tertiary/aromatic N) is 1. The maximum Gasteiger partial charge on any atom is 0.130 e. The predicted octanol–water partition coefficient (Wildman–Crippen LogP) is 0.475. The zero-order valence-corrected chi connectivity index (χ0v) is 6.21. The molecule has 0 fully saturated rings. The van der Waals surface area contributed by atoms with Crippen molar-refractivity contribution in [1.82, 2.24) is 4.98 Å². The van der Waals surface area contributed by atoms with E-state index in [0.717, 1.165) is 24.3 Å². The maximum absolute atomic E-state index is 5.50. The first-order valence-corrected chi connectivity index (χ1v) is 3.70. The van der Waals surface area contributed by atoms with E-state index in [-0.39, 0.29) is 0 Å². The van der Waals surface area contributed by atoms with Gasteiger partial charge in [0.25, 0.3) is 0 Å². The molecule has 3 heteroatoms. The molecule has 58 valence electrons. The minimum atomic E-state index is 0.510. The molecule has 0 spiro atoms. The molecule has 1 aliphatic heterocycles. The number of ether oxygens (including phenoxy) is 1. The van der Waals surface area contributed by atoms with E-state index in [4.69, 9.17) is 10.5 Å². The van der Waals surface area contributed by atoms with Gasteiger partial charge >= 0.3 is 0 Å². The monoisotopic (exact) mass is 150 g/mol. The average molecular weight is 150 g/mol. The lowest BCUT2D eigenvalue weighted by Gasteiger charge is -2.03. The Morgan fingerprint density at radius 2 is 2.45 bits per heavy atom. The van der Waals surface area contributed by atoms with E-state index in [0.29, 0.717) is 6.54 Å². The summed E-state index contributed by atoms with van der Waals surface area (Å²) in [5, 5.41) is 0. The van der Waals surface area contributed by atoms with Crippen LogP contribution in [-0.2, 0) is 13.0 Å². The highest BCUT2D eigenvalue weighted by Gasteiger charge is 2.14. The molecule has 0 aliphatic carbocycles. The number of fused-ring (bicyclic) bond motifs is 1. The van der Waals surface area contributed by atoms with Crippen molar-refractivity contribution in [3.8, 4) is 5.75 Å². The van der Waals surface area contributed by atoms with Gasteiger partial charge in [0.15, 0.2) is 0 Å². The average Bonchev–Trinajstić information content (AvgIpc) is 2.50. The number of pyridine rings is 1. The first-order chi connectivity index (χ1) is 5.42. The van der Waals surface area contributed by atoms with Crippen LogP contribution in [0.5, 0.6) is 5.75 Å². The van der Waals surface area contributed by atoms with Gasteiger partial charge in [-0.05, 0) is 0 Å². The van der Waals surface area contributed by atoms with Crippen molar-refractivity contribution in [2.24, 2.45) is 5.73 Å². The van der Waals surface area contributed by atoms with Gasteiger partial charge in [-0.25, -0.2) is 0 Å². The Labute approximate surface area is 65.2 Å². The summed E-state index contributed by atoms with van der Waals surface area (Å²) in [6, 6.07) is 0. The van der Waals surface area contributed by atoms with Crippen LogP contribution in [0.25, 0.3) is 0 Å². The van der Waals surface area contributed by atoms with Crippen LogP contribution in [0.4, 0.5) is 0 Å². The molecule has 0 saturated carbocycles. The summed E-state index contributed by atoms with van der Waals surface area (Å²) < 4.78 is 5.40. The predicted molar refractivity (Wildman–Crippen MR) is 41.3 cm³/mol. The third kappa shape index (κ3) is 0.973. The Balaban J connectivity index is 2.50. The van der Waals surface area contributed by atoms with Gasteiger partial charge in [-0.15, -0.1) is 0 Å². The highest BCUT2D eigenvalue weighted by Crippen LogP contribution is 2.27. The lowest BCUT2D eigenvalue weighted by Crippen LogP contribution is -1.99. The molecule has 0 atom stereocenters. The van der Waals surface area contributed by atoms with E-state index >= 15 is 0 Å². The molecule has 1 aromatic rings. The molecule has 0 aromatic carbocycles. The minimum absolute atomic E-state index is 0.510. The summed E-state index contributed by atoms with van der Waals surface area (Å²) in [6.07, 6.45) is 4.59. The van der Waals surface area contributed by atoms with Crippen LogP contribution in [0.15, 0.2) is 12.4 Å². The fourth-order valence-electron chi connectivity index (χ4n) is 1.31. The van der Waals surface area contributed by atoms with E-state index in [2.05, 4.69) is 4.98 Å². The summed E-state index contributed by atoms with van der Waals surface area (Å²) >= 11 is 0. The molecule has 2 heterocycles. The fourth-order valence-corrected chi connectivity index (χ4v) is 1.31. The largest absolute Gasteiger partial charge is 0.492 e. The first-order valence-electron chi connectivity index (χ1n) is 3.70. The Bertz CT molecular complexity index is 273. The molecule has 0 bridgehead atoms. The molecule has 1 aromatic heterocycles. The second kappa shape index (κ2) is 2.51. The molecule has 11 heavy (non-hydrogen) atoms. The van der Waals surface area contributed by atoms with Crippen LogP contribution >= 0.6 is 0 Å². The topological polar surface area (TPSA) is 48.1 Å². The normalized spacial score (nSPS) is 14.3. The Hall–Kier alpha value is -1.09. The number of rotatable bonds is 1. The van der Waals surface area contributed by atoms with Gasteiger partial charge in [0, 0.05) is 36.5 Å². The molecule has 3 nitrogen and oxygen atoms in total. The van der Waals surface area contributed by atoms with Gasteiger partial charge in [0.05, 0.1) is 6.61 Å². The second-order valence-corrected chi connectivity index (χ2v) is 2.59. The van der Waals surface area contributed by atoms with Gasteiger partial charge in [-0.3, -0.25) is 4.98 Å². The van der Waals surface area contributed by atoms with Crippen LogP contribution in [0.1, 0.15) is 11.1 Å². The number of aromatic nitrogens is 1. The van der Waals surface area contributed by atoms with Crippen molar-refractivity contribution >= 4 is 0 Å². The Morgan fingerprint density at radius 1 is 1.55 bits per heavy atom. The van der Waals surface area contributed by atoms with Crippen molar-refractivity contribution in [1.29, 1.82) is 0 Å². The summed E-state index contributed by atoms with van der Waals surface area (Å²) in [4.78, 5) is 4.07. The van der Waals surface area contributed by atoms with Crippen molar-refractivity contribution in [3.63, 3.8) is 0 Å². The van der Waals surface area contributed by atoms with Crippen molar-refractivity contribution in [2.45, 2.75) is 13.0 Å². The molecule has 0 saturated heterocycles. The van der Waals surface area contributed by atoms with E-state index < -0.39 is 0 Å². The maximum atomic E-state index is 5.50. The van der Waals surface area contributed by atoms with Gasteiger partial charge < -0.3 is 10.5 Å². The Kier molecular flexibility index (Phi) is 1.51. The van der Waals surface area contributed by atoms with Gasteiger partial charge in [-0.1, -0.05) is 0 Å². The van der Waals surface area contributed by atoms with Crippen molar-refractivity contribution in [2.75, 3.05) is 6.61 Å². The highest BCUT2D eigenvalue weighted by molar-refractivity contribution is 5.41.